The molecule has 0 saturated carbocycles. The van der Waals surface area contributed by atoms with Gasteiger partial charge in [0.1, 0.15) is 6.61 Å². The molecule has 0 aromatic rings. The average molecular weight is 795 g/mol. The number of hydrogen-bond acceptors (Lipinski definition) is 7. The number of carbonyl (C=O) groups is 2. The number of unbranched alkanes of at least 4 members (excludes halogenated alkanes) is 21. The van der Waals surface area contributed by atoms with Gasteiger partial charge >= 0.3 is 19.8 Å². The molecular formula is C46H83O8P. The van der Waals surface area contributed by atoms with Crippen LogP contribution in [0.2, 0.25) is 0 Å². The third-order valence-electron chi connectivity index (χ3n) is 9.40. The minimum Gasteiger partial charge on any atom is -0.462 e. The molecule has 8 nitrogen and oxygen atoms in total. The van der Waals surface area contributed by atoms with Gasteiger partial charge in [0, 0.05) is 12.8 Å². The van der Waals surface area contributed by atoms with Crippen LogP contribution >= 0.6 is 7.82 Å². The lowest BCUT2D eigenvalue weighted by Crippen LogP contribution is -2.29. The Morgan fingerprint density at radius 3 is 1.40 bits per heavy atom. The maximum absolute atomic E-state index is 12.6. The van der Waals surface area contributed by atoms with Crippen molar-refractivity contribution in [3.05, 3.63) is 48.6 Å². The van der Waals surface area contributed by atoms with Crippen LogP contribution in [0.15, 0.2) is 48.6 Å². The zero-order valence-electron chi connectivity index (χ0n) is 35.6. The summed E-state index contributed by atoms with van der Waals surface area (Å²) in [5.74, 6) is -0.799. The molecule has 0 aliphatic carbocycles. The van der Waals surface area contributed by atoms with Crippen LogP contribution in [0.25, 0.3) is 0 Å². The number of esters is 2. The maximum atomic E-state index is 12.6. The first kappa shape index (κ1) is 53.0. The third-order valence-corrected chi connectivity index (χ3v) is 10.5. The van der Waals surface area contributed by atoms with E-state index in [1.165, 1.54) is 96.3 Å². The minimum absolute atomic E-state index is 0.000478. The fourth-order valence-corrected chi connectivity index (χ4v) is 6.91. The summed E-state index contributed by atoms with van der Waals surface area (Å²) in [7, 11) is -4.28. The second-order valence-electron chi connectivity index (χ2n) is 14.7. The number of carbonyl (C=O) groups excluding carboxylic acids is 2. The van der Waals surface area contributed by atoms with E-state index in [4.69, 9.17) is 18.5 Å². The van der Waals surface area contributed by atoms with Crippen LogP contribution in [-0.4, -0.2) is 42.8 Å². The Kier molecular flexibility index (Phi) is 40.1. The molecule has 0 rings (SSSR count). The first-order valence-corrected chi connectivity index (χ1v) is 23.9. The lowest BCUT2D eigenvalue weighted by molar-refractivity contribution is -0.161. The van der Waals surface area contributed by atoms with E-state index in [1.807, 2.05) is 0 Å². The highest BCUT2D eigenvalue weighted by Gasteiger charge is 2.25. The highest BCUT2D eigenvalue weighted by Crippen LogP contribution is 2.43. The van der Waals surface area contributed by atoms with Crippen molar-refractivity contribution in [1.29, 1.82) is 0 Å². The molecule has 2 unspecified atom stereocenters. The second kappa shape index (κ2) is 41.6. The molecule has 0 amide bonds. The SMILES string of the molecule is CC/C=C\C/C=C\C/C=C\C/C=C\CCCCCCCCCCCCC(=O)OC(COC(=O)CCCCCCCCCCCCCC)COP(=O)(O)OCC. The summed E-state index contributed by atoms with van der Waals surface area (Å²) < 4.78 is 32.7. The van der Waals surface area contributed by atoms with Crippen molar-refractivity contribution in [1.82, 2.24) is 0 Å². The summed E-state index contributed by atoms with van der Waals surface area (Å²) in [5.41, 5.74) is 0. The fraction of sp³-hybridized carbons (Fsp3) is 0.783. The van der Waals surface area contributed by atoms with Crippen molar-refractivity contribution in [2.24, 2.45) is 0 Å². The summed E-state index contributed by atoms with van der Waals surface area (Å²) >= 11 is 0. The lowest BCUT2D eigenvalue weighted by Gasteiger charge is -2.19. The number of hydrogen-bond donors (Lipinski definition) is 1. The van der Waals surface area contributed by atoms with E-state index in [2.05, 4.69) is 62.5 Å². The van der Waals surface area contributed by atoms with Gasteiger partial charge in [-0.2, -0.15) is 0 Å². The van der Waals surface area contributed by atoms with Crippen molar-refractivity contribution in [2.45, 2.75) is 213 Å². The van der Waals surface area contributed by atoms with E-state index in [9.17, 15) is 19.0 Å². The van der Waals surface area contributed by atoms with E-state index in [-0.39, 0.29) is 25.6 Å². The number of phosphoric ester groups is 1. The molecular weight excluding hydrogens is 711 g/mol. The standard InChI is InChI=1S/C46H83O8P/c1-4-7-9-11-13-15-17-19-20-21-22-23-24-25-26-27-28-29-31-33-35-37-39-41-46(48)54-44(43-53-55(49,50)52-6-3)42-51-45(47)40-38-36-34-32-30-18-16-14-12-10-8-5-2/h7,9,13,15,19-20,22-23,44H,4-6,8,10-12,14,16-18,21,24-43H2,1-3H3,(H,49,50)/b9-7-,15-13-,20-19-,23-22-. The van der Waals surface area contributed by atoms with Gasteiger partial charge < -0.3 is 14.4 Å². The highest BCUT2D eigenvalue weighted by atomic mass is 31.2. The monoisotopic (exact) mass is 795 g/mol. The Morgan fingerprint density at radius 1 is 0.509 bits per heavy atom. The molecule has 0 saturated heterocycles. The van der Waals surface area contributed by atoms with E-state index in [0.29, 0.717) is 12.8 Å². The molecule has 1 N–H and O–H groups in total. The zero-order chi connectivity index (χ0) is 40.3. The average Bonchev–Trinajstić information content (AvgIpc) is 3.16. The Bertz CT molecular complexity index is 1040. The molecule has 320 valence electrons. The minimum atomic E-state index is -4.28. The Labute approximate surface area is 338 Å². The lowest BCUT2D eigenvalue weighted by atomic mass is 10.0. The first-order valence-electron chi connectivity index (χ1n) is 22.4. The molecule has 9 heteroatoms. The van der Waals surface area contributed by atoms with Gasteiger partial charge in [0.2, 0.25) is 0 Å². The normalized spacial score (nSPS) is 13.7. The number of ether oxygens (including phenoxy) is 2. The van der Waals surface area contributed by atoms with E-state index >= 15 is 0 Å². The predicted octanol–water partition coefficient (Wildman–Crippen LogP) is 14.2. The van der Waals surface area contributed by atoms with Crippen molar-refractivity contribution in [3.63, 3.8) is 0 Å². The molecule has 0 radical (unpaired) electrons. The Hall–Kier alpha value is -1.99. The van der Waals surface area contributed by atoms with Crippen LogP contribution in [0.3, 0.4) is 0 Å². The number of rotatable bonds is 41. The Balaban J connectivity index is 4.02. The van der Waals surface area contributed by atoms with Crippen LogP contribution in [0.5, 0.6) is 0 Å². The molecule has 55 heavy (non-hydrogen) atoms. The van der Waals surface area contributed by atoms with Crippen molar-refractivity contribution < 1.29 is 37.6 Å². The van der Waals surface area contributed by atoms with Gasteiger partial charge in [-0.1, -0.05) is 184 Å². The van der Waals surface area contributed by atoms with Crippen LogP contribution < -0.4 is 0 Å². The van der Waals surface area contributed by atoms with Gasteiger partial charge in [0.25, 0.3) is 0 Å². The van der Waals surface area contributed by atoms with Crippen molar-refractivity contribution >= 4 is 19.8 Å². The van der Waals surface area contributed by atoms with Crippen molar-refractivity contribution in [2.75, 3.05) is 19.8 Å². The van der Waals surface area contributed by atoms with Gasteiger partial charge in [0.05, 0.1) is 13.2 Å². The van der Waals surface area contributed by atoms with E-state index in [0.717, 1.165) is 70.6 Å². The maximum Gasteiger partial charge on any atom is 0.472 e. The fourth-order valence-electron chi connectivity index (χ4n) is 6.15. The molecule has 0 aliphatic heterocycles. The summed E-state index contributed by atoms with van der Waals surface area (Å²) in [4.78, 5) is 34.7. The molecule has 2 atom stereocenters. The van der Waals surface area contributed by atoms with E-state index < -0.39 is 26.5 Å². The third kappa shape index (κ3) is 41.5. The molecule has 0 aromatic carbocycles. The predicted molar refractivity (Wildman–Crippen MR) is 230 cm³/mol. The zero-order valence-corrected chi connectivity index (χ0v) is 36.5. The summed E-state index contributed by atoms with van der Waals surface area (Å²) in [6, 6.07) is 0. The molecule has 0 heterocycles. The van der Waals surface area contributed by atoms with Crippen LogP contribution in [0.4, 0.5) is 0 Å². The number of allylic oxidation sites excluding steroid dienone is 8. The van der Waals surface area contributed by atoms with Gasteiger partial charge in [0.15, 0.2) is 6.10 Å². The van der Waals surface area contributed by atoms with Crippen molar-refractivity contribution in [3.8, 4) is 0 Å². The van der Waals surface area contributed by atoms with Gasteiger partial charge in [-0.3, -0.25) is 18.6 Å². The smallest absolute Gasteiger partial charge is 0.462 e. The van der Waals surface area contributed by atoms with Gasteiger partial charge in [-0.05, 0) is 58.3 Å². The molecule has 0 spiro atoms. The van der Waals surface area contributed by atoms with Crippen LogP contribution in [0.1, 0.15) is 207 Å². The molecule has 0 fully saturated rings. The van der Waals surface area contributed by atoms with Gasteiger partial charge in [-0.15, -0.1) is 0 Å². The topological polar surface area (TPSA) is 108 Å². The van der Waals surface area contributed by atoms with Crippen LogP contribution in [-0.2, 0) is 32.7 Å². The largest absolute Gasteiger partial charge is 0.472 e. The quantitative estimate of drug-likeness (QED) is 0.0282. The summed E-state index contributed by atoms with van der Waals surface area (Å²) in [6.07, 6.45) is 48.8. The first-order chi connectivity index (χ1) is 26.8. The second-order valence-corrected chi connectivity index (χ2v) is 16.1. The number of phosphoric acid groups is 1. The molecule has 0 aliphatic rings. The molecule has 0 bridgehead atoms. The van der Waals surface area contributed by atoms with Crippen LogP contribution in [0, 0.1) is 0 Å². The van der Waals surface area contributed by atoms with Gasteiger partial charge in [-0.25, -0.2) is 4.57 Å². The molecule has 0 aromatic heterocycles. The highest BCUT2D eigenvalue weighted by molar-refractivity contribution is 7.47. The van der Waals surface area contributed by atoms with E-state index in [1.54, 1.807) is 6.92 Å². The summed E-state index contributed by atoms with van der Waals surface area (Å²) in [5, 5.41) is 0. The summed E-state index contributed by atoms with van der Waals surface area (Å²) in [6.45, 7) is 5.36. The Morgan fingerprint density at radius 2 is 0.927 bits per heavy atom.